The fourth-order valence-electron chi connectivity index (χ4n) is 5.19. The van der Waals surface area contributed by atoms with Crippen molar-refractivity contribution in [2.24, 2.45) is 0 Å². The van der Waals surface area contributed by atoms with Crippen molar-refractivity contribution in [3.05, 3.63) is 113 Å². The fourth-order valence-corrected chi connectivity index (χ4v) is 5.49. The van der Waals surface area contributed by atoms with Crippen molar-refractivity contribution in [2.75, 3.05) is 0 Å². The monoisotopic (exact) mass is 467 g/mol. The lowest BCUT2D eigenvalue weighted by Crippen LogP contribution is -2.29. The molecule has 0 saturated carbocycles. The fraction of sp³-hybridized carbons (Fsp3) is 0.250. The molecule has 6 heteroatoms. The van der Waals surface area contributed by atoms with Crippen LogP contribution in [0.25, 0.3) is 5.69 Å². The lowest BCUT2D eigenvalue weighted by atomic mass is 9.96. The molecule has 34 heavy (non-hydrogen) atoms. The molecule has 1 fully saturated rings. The molecule has 2 atom stereocenters. The second kappa shape index (κ2) is 9.03. The summed E-state index contributed by atoms with van der Waals surface area (Å²) in [6, 6.07) is 18.9. The molecule has 1 N–H and O–H groups in total. The number of aryl methyl sites for hydroxylation is 3. The van der Waals surface area contributed by atoms with E-state index in [4.69, 9.17) is 17.2 Å². The number of benzene rings is 1. The molecule has 5 nitrogen and oxygen atoms in total. The average Bonchev–Trinajstić information content (AvgIpc) is 3.31. The summed E-state index contributed by atoms with van der Waals surface area (Å²) in [4.78, 5) is 11.2. The molecule has 5 rings (SSSR count). The molecule has 0 aliphatic carbocycles. The van der Waals surface area contributed by atoms with Gasteiger partial charge >= 0.3 is 0 Å². The number of thiocarbonyl (C=S) groups is 1. The minimum Gasteiger partial charge on any atom is -0.352 e. The Balaban J connectivity index is 1.65. The first-order valence-electron chi connectivity index (χ1n) is 11.6. The summed E-state index contributed by atoms with van der Waals surface area (Å²) in [6.45, 7) is 9.47. The smallest absolute Gasteiger partial charge is 0.170 e. The van der Waals surface area contributed by atoms with Gasteiger partial charge in [0.05, 0.1) is 23.5 Å². The third kappa shape index (κ3) is 3.88. The van der Waals surface area contributed by atoms with Gasteiger partial charge in [0.2, 0.25) is 0 Å². The maximum atomic E-state index is 5.88. The summed E-state index contributed by atoms with van der Waals surface area (Å²) < 4.78 is 2.39. The van der Waals surface area contributed by atoms with Crippen LogP contribution in [0.3, 0.4) is 0 Å². The van der Waals surface area contributed by atoms with Crippen molar-refractivity contribution >= 4 is 17.3 Å². The molecule has 0 bridgehead atoms. The number of hydrogen-bond acceptors (Lipinski definition) is 3. The zero-order valence-corrected chi connectivity index (χ0v) is 20.8. The highest BCUT2D eigenvalue weighted by Gasteiger charge is 2.41. The molecule has 0 radical (unpaired) electrons. The maximum absolute atomic E-state index is 5.88. The van der Waals surface area contributed by atoms with Gasteiger partial charge in [0.25, 0.3) is 0 Å². The Morgan fingerprint density at radius 2 is 1.65 bits per heavy atom. The largest absolute Gasteiger partial charge is 0.352 e. The SMILES string of the molecule is Cc1cccc(C)c1-n1c(C)cc([C@@H]2[C@H](c3ccccn3)NC(=S)N2Cc2ccncc2)c1C. The first kappa shape index (κ1) is 22.3. The topological polar surface area (TPSA) is 46.0 Å². The van der Waals surface area contributed by atoms with Crippen LogP contribution in [0.15, 0.2) is 73.2 Å². The zero-order valence-electron chi connectivity index (χ0n) is 20.0. The summed E-state index contributed by atoms with van der Waals surface area (Å²) >= 11 is 5.88. The Hall–Kier alpha value is -3.51. The van der Waals surface area contributed by atoms with Gasteiger partial charge < -0.3 is 14.8 Å². The second-order valence-corrected chi connectivity index (χ2v) is 9.40. The molecule has 1 aliphatic rings. The molecular weight excluding hydrogens is 438 g/mol. The van der Waals surface area contributed by atoms with Crippen LogP contribution in [0.1, 0.15) is 51.4 Å². The average molecular weight is 468 g/mol. The number of pyridine rings is 2. The third-order valence-corrected chi connectivity index (χ3v) is 7.10. The number of nitrogens with zero attached hydrogens (tertiary/aromatic N) is 4. The molecule has 0 unspecified atom stereocenters. The van der Waals surface area contributed by atoms with Gasteiger partial charge in [-0.2, -0.15) is 0 Å². The number of para-hydroxylation sites is 1. The molecule has 1 aliphatic heterocycles. The number of rotatable bonds is 5. The number of hydrogen-bond donors (Lipinski definition) is 1. The summed E-state index contributed by atoms with van der Waals surface area (Å²) in [5.74, 6) is 0. The van der Waals surface area contributed by atoms with Crippen LogP contribution in [0.2, 0.25) is 0 Å². The summed E-state index contributed by atoms with van der Waals surface area (Å²) in [7, 11) is 0. The van der Waals surface area contributed by atoms with Crippen LogP contribution in [0, 0.1) is 27.7 Å². The van der Waals surface area contributed by atoms with Gasteiger partial charge in [0.15, 0.2) is 5.11 Å². The first-order chi connectivity index (χ1) is 16.5. The maximum Gasteiger partial charge on any atom is 0.170 e. The van der Waals surface area contributed by atoms with Gasteiger partial charge in [-0.05, 0) is 92.5 Å². The third-order valence-electron chi connectivity index (χ3n) is 6.75. The van der Waals surface area contributed by atoms with E-state index >= 15 is 0 Å². The molecule has 3 aromatic heterocycles. The van der Waals surface area contributed by atoms with E-state index in [2.05, 4.69) is 77.8 Å². The van der Waals surface area contributed by atoms with Gasteiger partial charge in [-0.15, -0.1) is 0 Å². The lowest BCUT2D eigenvalue weighted by Gasteiger charge is -2.28. The van der Waals surface area contributed by atoms with Gasteiger partial charge in [-0.1, -0.05) is 24.3 Å². The normalized spacial score (nSPS) is 17.8. The minimum absolute atomic E-state index is 0.0137. The molecule has 1 saturated heterocycles. The molecule has 172 valence electrons. The Labute approximate surface area is 206 Å². The van der Waals surface area contributed by atoms with E-state index < -0.39 is 0 Å². The molecular formula is C28H29N5S. The van der Waals surface area contributed by atoms with Crippen molar-refractivity contribution in [1.29, 1.82) is 0 Å². The summed E-state index contributed by atoms with van der Waals surface area (Å²) in [5.41, 5.74) is 9.66. The van der Waals surface area contributed by atoms with Crippen molar-refractivity contribution in [3.63, 3.8) is 0 Å². The van der Waals surface area contributed by atoms with E-state index in [1.54, 1.807) is 0 Å². The van der Waals surface area contributed by atoms with E-state index in [1.165, 1.54) is 39.3 Å². The second-order valence-electron chi connectivity index (χ2n) is 9.01. The highest BCUT2D eigenvalue weighted by Crippen LogP contribution is 2.42. The van der Waals surface area contributed by atoms with E-state index in [9.17, 15) is 0 Å². The van der Waals surface area contributed by atoms with E-state index in [1.807, 2.05) is 42.9 Å². The molecule has 0 spiro atoms. The van der Waals surface area contributed by atoms with E-state index in [0.717, 1.165) is 10.8 Å². The van der Waals surface area contributed by atoms with Crippen LogP contribution < -0.4 is 5.32 Å². The summed E-state index contributed by atoms with van der Waals surface area (Å²) in [5, 5.41) is 4.32. The van der Waals surface area contributed by atoms with Gasteiger partial charge in [-0.3, -0.25) is 9.97 Å². The van der Waals surface area contributed by atoms with Crippen molar-refractivity contribution in [2.45, 2.75) is 46.3 Å². The first-order valence-corrected chi connectivity index (χ1v) is 12.0. The van der Waals surface area contributed by atoms with Gasteiger partial charge in [-0.25, -0.2) is 0 Å². The van der Waals surface area contributed by atoms with Crippen LogP contribution >= 0.6 is 12.2 Å². The van der Waals surface area contributed by atoms with E-state index in [-0.39, 0.29) is 12.1 Å². The van der Waals surface area contributed by atoms with Crippen LogP contribution in [-0.2, 0) is 6.54 Å². The van der Waals surface area contributed by atoms with Crippen molar-refractivity contribution < 1.29 is 0 Å². The summed E-state index contributed by atoms with van der Waals surface area (Å²) in [6.07, 6.45) is 5.52. The quantitative estimate of drug-likeness (QED) is 0.383. The van der Waals surface area contributed by atoms with Crippen LogP contribution in [0.4, 0.5) is 0 Å². The van der Waals surface area contributed by atoms with E-state index in [0.29, 0.717) is 6.54 Å². The van der Waals surface area contributed by atoms with Crippen LogP contribution in [-0.4, -0.2) is 24.5 Å². The van der Waals surface area contributed by atoms with Gasteiger partial charge in [0.1, 0.15) is 0 Å². The predicted octanol–water partition coefficient (Wildman–Crippen LogP) is 5.67. The van der Waals surface area contributed by atoms with Crippen molar-refractivity contribution in [1.82, 2.24) is 24.8 Å². The Morgan fingerprint density at radius 3 is 2.32 bits per heavy atom. The highest BCUT2D eigenvalue weighted by atomic mass is 32.1. The Kier molecular flexibility index (Phi) is 5.92. The van der Waals surface area contributed by atoms with Gasteiger partial charge in [0, 0.05) is 36.5 Å². The minimum atomic E-state index is -0.0394. The lowest BCUT2D eigenvalue weighted by molar-refractivity contribution is 0.310. The standard InChI is InChI=1S/C28H29N5S/c1-18-8-7-9-19(2)26(18)33-20(3)16-23(21(33)4)27-25(24-10-5-6-13-30-24)31-28(34)32(27)17-22-11-14-29-15-12-22/h5-16,25,27H,17H2,1-4H3,(H,31,34)/t25-,27+/m0/s1. The van der Waals surface area contributed by atoms with Crippen molar-refractivity contribution in [3.8, 4) is 5.69 Å². The number of nitrogens with one attached hydrogen (secondary N) is 1. The number of aromatic nitrogens is 3. The highest BCUT2D eigenvalue weighted by molar-refractivity contribution is 7.80. The molecule has 0 amide bonds. The molecule has 1 aromatic carbocycles. The Morgan fingerprint density at radius 1 is 0.912 bits per heavy atom. The Bertz CT molecular complexity index is 1310. The zero-order chi connectivity index (χ0) is 23.8. The molecule has 4 aromatic rings. The van der Waals surface area contributed by atoms with Crippen LogP contribution in [0.5, 0.6) is 0 Å². The predicted molar refractivity (Wildman–Crippen MR) is 140 cm³/mol. The molecule has 4 heterocycles.